The summed E-state index contributed by atoms with van der Waals surface area (Å²) in [7, 11) is 0. The fourth-order valence-corrected chi connectivity index (χ4v) is 2.88. The van der Waals surface area contributed by atoms with Crippen molar-refractivity contribution in [2.45, 2.75) is 0 Å². The Morgan fingerprint density at radius 1 is 1.00 bits per heavy atom. The molecule has 26 heavy (non-hydrogen) atoms. The Labute approximate surface area is 146 Å². The van der Waals surface area contributed by atoms with Gasteiger partial charge in [0.05, 0.1) is 5.69 Å². The molecule has 0 saturated heterocycles. The van der Waals surface area contributed by atoms with Gasteiger partial charge in [0, 0.05) is 17.0 Å². The van der Waals surface area contributed by atoms with Crippen LogP contribution < -0.4 is 0 Å². The van der Waals surface area contributed by atoms with Crippen molar-refractivity contribution in [3.8, 4) is 28.8 Å². The molecule has 1 heterocycles. The Morgan fingerprint density at radius 2 is 1.85 bits per heavy atom. The predicted molar refractivity (Wildman–Crippen MR) is 93.0 cm³/mol. The fraction of sp³-hybridized carbons (Fsp3) is 0. The second-order valence-corrected chi connectivity index (χ2v) is 5.59. The first-order chi connectivity index (χ1) is 12.6. The molecule has 0 saturated carbocycles. The van der Waals surface area contributed by atoms with Crippen LogP contribution in [0.1, 0.15) is 0 Å². The van der Waals surface area contributed by atoms with E-state index in [-0.39, 0.29) is 22.8 Å². The summed E-state index contributed by atoms with van der Waals surface area (Å²) in [4.78, 5) is 11.1. The van der Waals surface area contributed by atoms with E-state index in [1.807, 2.05) is 0 Å². The van der Waals surface area contributed by atoms with E-state index in [9.17, 15) is 19.5 Å². The lowest BCUT2D eigenvalue weighted by Crippen LogP contribution is -1.99. The standard InChI is InChI=1S/C18H11FN4O3/c19-11-5-4-10-2-1-3-16(14(10)8-11)23-17(20-21-18(23)25)13-7-6-12(24)9-15(13)22-26/h1-9,24H,(H,21,25). The minimum atomic E-state index is -0.432. The lowest BCUT2D eigenvalue weighted by atomic mass is 10.1. The Hall–Kier alpha value is -3.81. The van der Waals surface area contributed by atoms with Crippen molar-refractivity contribution in [3.05, 3.63) is 65.3 Å². The van der Waals surface area contributed by atoms with E-state index in [2.05, 4.69) is 15.4 Å². The molecule has 0 atom stereocenters. The largest absolute Gasteiger partial charge is 0.508 e. The molecule has 128 valence electrons. The minimum absolute atomic E-state index is 0.0648. The summed E-state index contributed by atoms with van der Waals surface area (Å²) in [5, 5.41) is 31.5. The number of phenolic OH excluding ortho intramolecular Hbond substituents is 1. The van der Waals surface area contributed by atoms with Gasteiger partial charge in [-0.25, -0.2) is 8.96 Å². The molecular formula is C18H11FN4O3. The quantitative estimate of drug-likeness (QED) is 0.543. The summed E-state index contributed by atoms with van der Waals surface area (Å²) in [5.74, 6) is -0.432. The summed E-state index contributed by atoms with van der Waals surface area (Å²) in [5.41, 5.74) is 0.633. The summed E-state index contributed by atoms with van der Waals surface area (Å²) >= 11 is 0. The van der Waals surface area contributed by atoms with Crippen molar-refractivity contribution < 1.29 is 14.6 Å². The number of phenols is 1. The Morgan fingerprint density at radius 3 is 2.65 bits per heavy atom. The maximum Gasteiger partial charge on any atom is 0.319 e. The molecule has 0 aliphatic carbocycles. The number of halogens is 1. The number of aromatic hydroxyl groups is 2. The van der Waals surface area contributed by atoms with E-state index in [4.69, 9.17) is 0 Å². The van der Waals surface area contributed by atoms with Gasteiger partial charge in [0.1, 0.15) is 17.3 Å². The van der Waals surface area contributed by atoms with Crippen molar-refractivity contribution in [3.63, 3.8) is 0 Å². The summed E-state index contributed by atoms with van der Waals surface area (Å²) < 4.78 is 15.1. The van der Waals surface area contributed by atoms with Gasteiger partial charge in [-0.1, -0.05) is 23.3 Å². The van der Waals surface area contributed by atoms with Crippen LogP contribution in [0.2, 0.25) is 0 Å². The first kappa shape index (κ1) is 15.7. The van der Waals surface area contributed by atoms with Crippen molar-refractivity contribution in [2.75, 3.05) is 0 Å². The monoisotopic (exact) mass is 350 g/mol. The number of hydrogen-bond acceptors (Lipinski definition) is 6. The minimum Gasteiger partial charge on any atom is -0.508 e. The molecule has 8 heteroatoms. The molecule has 0 unspecified atom stereocenters. The van der Waals surface area contributed by atoms with Crippen LogP contribution in [-0.2, 0) is 0 Å². The zero-order valence-electron chi connectivity index (χ0n) is 13.2. The van der Waals surface area contributed by atoms with Gasteiger partial charge in [-0.3, -0.25) is 0 Å². The average Bonchev–Trinajstić information content (AvgIpc) is 3.02. The van der Waals surface area contributed by atoms with Gasteiger partial charge in [0.2, 0.25) is 0 Å². The van der Waals surface area contributed by atoms with Crippen LogP contribution in [0.3, 0.4) is 0 Å². The van der Waals surface area contributed by atoms with E-state index >= 15 is 0 Å². The van der Waals surface area contributed by atoms with Crippen molar-refractivity contribution >= 4 is 16.5 Å². The highest BCUT2D eigenvalue weighted by Gasteiger charge is 2.20. The summed E-state index contributed by atoms with van der Waals surface area (Å²) in [6.07, 6.45) is 0. The third-order valence-electron chi connectivity index (χ3n) is 4.03. The zero-order valence-corrected chi connectivity index (χ0v) is 13.2. The van der Waals surface area contributed by atoms with E-state index < -0.39 is 11.8 Å². The van der Waals surface area contributed by atoms with Gasteiger partial charge in [-0.2, -0.15) is 0 Å². The van der Waals surface area contributed by atoms with Gasteiger partial charge < -0.3 is 10.2 Å². The van der Waals surface area contributed by atoms with Gasteiger partial charge in [0.15, 0.2) is 5.82 Å². The SMILES string of the molecule is O=Nc1cc(O)ccc1-c1nnc(O)n1-c1cccc2ccc(F)cc12. The van der Waals surface area contributed by atoms with Crippen molar-refractivity contribution in [1.29, 1.82) is 0 Å². The van der Waals surface area contributed by atoms with E-state index in [1.165, 1.54) is 34.9 Å². The number of aromatic nitrogens is 3. The molecule has 4 aromatic rings. The average molecular weight is 350 g/mol. The lowest BCUT2D eigenvalue weighted by molar-refractivity contribution is 0.420. The van der Waals surface area contributed by atoms with E-state index in [1.54, 1.807) is 24.3 Å². The van der Waals surface area contributed by atoms with Gasteiger partial charge in [-0.05, 0) is 40.9 Å². The molecule has 0 aliphatic heterocycles. The second kappa shape index (κ2) is 5.92. The number of benzene rings is 3. The molecule has 3 aromatic carbocycles. The molecule has 1 aromatic heterocycles. The molecule has 0 aliphatic rings. The van der Waals surface area contributed by atoms with E-state index in [0.29, 0.717) is 11.1 Å². The maximum atomic E-state index is 13.8. The topological polar surface area (TPSA) is 101 Å². The number of nitroso groups, excluding NO2 is 1. The highest BCUT2D eigenvalue weighted by atomic mass is 19.1. The Balaban J connectivity index is 2.03. The van der Waals surface area contributed by atoms with Crippen LogP contribution in [0.4, 0.5) is 10.1 Å². The predicted octanol–water partition coefficient (Wildman–Crippen LogP) is 4.04. The molecule has 0 spiro atoms. The fourth-order valence-electron chi connectivity index (χ4n) is 2.88. The van der Waals surface area contributed by atoms with Crippen molar-refractivity contribution in [2.24, 2.45) is 5.18 Å². The number of fused-ring (bicyclic) bond motifs is 1. The second-order valence-electron chi connectivity index (χ2n) is 5.59. The first-order valence-corrected chi connectivity index (χ1v) is 7.58. The molecule has 0 amide bonds. The van der Waals surface area contributed by atoms with Crippen molar-refractivity contribution in [1.82, 2.24) is 14.8 Å². The molecule has 7 nitrogen and oxygen atoms in total. The molecule has 4 rings (SSSR count). The zero-order chi connectivity index (χ0) is 18.3. The third kappa shape index (κ3) is 2.44. The molecular weight excluding hydrogens is 339 g/mol. The highest BCUT2D eigenvalue weighted by Crippen LogP contribution is 2.36. The summed E-state index contributed by atoms with van der Waals surface area (Å²) in [6.45, 7) is 0. The highest BCUT2D eigenvalue weighted by molar-refractivity contribution is 5.91. The first-order valence-electron chi connectivity index (χ1n) is 7.58. The molecule has 0 bridgehead atoms. The number of hydrogen-bond donors (Lipinski definition) is 2. The van der Waals surface area contributed by atoms with E-state index in [0.717, 1.165) is 5.39 Å². The van der Waals surface area contributed by atoms with Gasteiger partial charge in [-0.15, -0.1) is 10.0 Å². The van der Waals surface area contributed by atoms with Crippen LogP contribution in [-0.4, -0.2) is 25.0 Å². The van der Waals surface area contributed by atoms with Crippen LogP contribution in [0, 0.1) is 10.7 Å². The molecule has 2 N–H and O–H groups in total. The number of nitrogens with zero attached hydrogens (tertiary/aromatic N) is 4. The van der Waals surface area contributed by atoms with Gasteiger partial charge >= 0.3 is 6.01 Å². The third-order valence-corrected chi connectivity index (χ3v) is 4.03. The van der Waals surface area contributed by atoms with Gasteiger partial charge in [0.25, 0.3) is 0 Å². The Kier molecular flexibility index (Phi) is 3.58. The normalized spacial score (nSPS) is 11.0. The van der Waals surface area contributed by atoms with Crippen LogP contribution >= 0.6 is 0 Å². The maximum absolute atomic E-state index is 13.8. The molecule has 0 fully saturated rings. The smallest absolute Gasteiger partial charge is 0.319 e. The number of rotatable bonds is 3. The molecule has 0 radical (unpaired) electrons. The Bertz CT molecular complexity index is 1160. The van der Waals surface area contributed by atoms with Crippen LogP contribution in [0.25, 0.3) is 27.8 Å². The summed E-state index contributed by atoms with van der Waals surface area (Å²) in [6, 6.07) is 13.1. The van der Waals surface area contributed by atoms with Crippen LogP contribution in [0.5, 0.6) is 11.8 Å². The lowest BCUT2D eigenvalue weighted by Gasteiger charge is -2.12. The van der Waals surface area contributed by atoms with Crippen LogP contribution in [0.15, 0.2) is 59.8 Å².